The lowest BCUT2D eigenvalue weighted by Crippen LogP contribution is -2.45. The van der Waals surface area contributed by atoms with E-state index in [9.17, 15) is 9.18 Å². The van der Waals surface area contributed by atoms with Gasteiger partial charge in [0.15, 0.2) is 0 Å². The van der Waals surface area contributed by atoms with Gasteiger partial charge in [-0.05, 0) is 12.1 Å². The van der Waals surface area contributed by atoms with Crippen molar-refractivity contribution in [3.63, 3.8) is 0 Å². The van der Waals surface area contributed by atoms with Gasteiger partial charge >= 0.3 is 6.03 Å². The van der Waals surface area contributed by atoms with Crippen LogP contribution >= 0.6 is 0 Å². The summed E-state index contributed by atoms with van der Waals surface area (Å²) in [6.07, 6.45) is -0.0589. The molecule has 1 aliphatic rings. The summed E-state index contributed by atoms with van der Waals surface area (Å²) >= 11 is 0. The van der Waals surface area contributed by atoms with Gasteiger partial charge in [-0.3, -0.25) is 0 Å². The minimum atomic E-state index is -0.458. The number of amides is 2. The molecule has 0 spiro atoms. The molecule has 1 saturated heterocycles. The summed E-state index contributed by atoms with van der Waals surface area (Å²) in [7, 11) is 1.60. The lowest BCUT2D eigenvalue weighted by atomic mass is 10.2. The van der Waals surface area contributed by atoms with Crippen LogP contribution in [0.1, 0.15) is 0 Å². The molecule has 3 N–H and O–H groups in total. The smallest absolute Gasteiger partial charge is 0.319 e. The predicted octanol–water partition coefficient (Wildman–Crippen LogP) is 0.934. The second-order valence-corrected chi connectivity index (χ2v) is 4.12. The summed E-state index contributed by atoms with van der Waals surface area (Å²) in [5.74, 6) is -0.458. The first kappa shape index (κ1) is 12.8. The molecular weight excluding hydrogens is 237 g/mol. The molecule has 98 valence electrons. The van der Waals surface area contributed by atoms with E-state index >= 15 is 0 Å². The van der Waals surface area contributed by atoms with Gasteiger partial charge in [0.2, 0.25) is 0 Å². The van der Waals surface area contributed by atoms with E-state index in [2.05, 4.69) is 16.0 Å². The van der Waals surface area contributed by atoms with Crippen molar-refractivity contribution in [2.45, 2.75) is 12.1 Å². The average molecular weight is 253 g/mol. The molecule has 0 saturated carbocycles. The Hall–Kier alpha value is -1.66. The lowest BCUT2D eigenvalue weighted by molar-refractivity contribution is 0.0991. The number of urea groups is 1. The van der Waals surface area contributed by atoms with Crippen LogP contribution < -0.4 is 16.0 Å². The van der Waals surface area contributed by atoms with Crippen molar-refractivity contribution in [2.75, 3.05) is 25.5 Å². The second-order valence-electron chi connectivity index (χ2n) is 4.12. The number of carbonyl (C=O) groups is 1. The number of anilines is 1. The minimum Gasteiger partial charge on any atom is -0.378 e. The third-order valence-corrected chi connectivity index (χ3v) is 2.90. The van der Waals surface area contributed by atoms with Crippen LogP contribution in [0.4, 0.5) is 14.9 Å². The zero-order chi connectivity index (χ0) is 13.0. The third-order valence-electron chi connectivity index (χ3n) is 2.90. The Morgan fingerprint density at radius 2 is 2.22 bits per heavy atom. The Labute approximate surface area is 105 Å². The molecule has 2 atom stereocenters. The molecule has 1 aliphatic heterocycles. The monoisotopic (exact) mass is 253 g/mol. The number of halogens is 1. The van der Waals surface area contributed by atoms with Gasteiger partial charge in [-0.1, -0.05) is 12.1 Å². The number of methoxy groups -OCH3 is 1. The van der Waals surface area contributed by atoms with Crippen LogP contribution in [0.5, 0.6) is 0 Å². The van der Waals surface area contributed by atoms with Crippen molar-refractivity contribution in [2.24, 2.45) is 0 Å². The van der Waals surface area contributed by atoms with E-state index in [1.165, 1.54) is 12.1 Å². The summed E-state index contributed by atoms with van der Waals surface area (Å²) in [5.41, 5.74) is 0.162. The number of para-hydroxylation sites is 1. The summed E-state index contributed by atoms with van der Waals surface area (Å²) < 4.78 is 18.5. The van der Waals surface area contributed by atoms with Crippen molar-refractivity contribution in [3.05, 3.63) is 30.1 Å². The first-order valence-electron chi connectivity index (χ1n) is 5.76. The van der Waals surface area contributed by atoms with E-state index in [0.717, 1.165) is 0 Å². The van der Waals surface area contributed by atoms with E-state index < -0.39 is 11.8 Å². The molecule has 6 heteroatoms. The SMILES string of the molecule is CO[C@@H]1CNCC1NC(=O)Nc1ccccc1F. The molecular formula is C12H16FN3O2. The number of hydrogen-bond donors (Lipinski definition) is 3. The Morgan fingerprint density at radius 1 is 1.44 bits per heavy atom. The van der Waals surface area contributed by atoms with Crippen LogP contribution in [0.15, 0.2) is 24.3 Å². The van der Waals surface area contributed by atoms with Crippen LogP contribution in [0.3, 0.4) is 0 Å². The Bertz CT molecular complexity index is 428. The topological polar surface area (TPSA) is 62.4 Å². The maximum absolute atomic E-state index is 13.3. The fourth-order valence-electron chi connectivity index (χ4n) is 1.94. The standard InChI is InChI=1S/C12H16FN3O2/c1-18-11-7-14-6-10(11)16-12(17)15-9-5-3-2-4-8(9)13/h2-5,10-11,14H,6-7H2,1H3,(H2,15,16,17)/t10?,11-/m1/s1. The first-order chi connectivity index (χ1) is 8.70. The largest absolute Gasteiger partial charge is 0.378 e. The van der Waals surface area contributed by atoms with Crippen molar-refractivity contribution in [1.29, 1.82) is 0 Å². The van der Waals surface area contributed by atoms with Gasteiger partial charge in [-0.2, -0.15) is 0 Å². The van der Waals surface area contributed by atoms with Gasteiger partial charge in [-0.25, -0.2) is 9.18 Å². The zero-order valence-corrected chi connectivity index (χ0v) is 10.1. The molecule has 0 aromatic heterocycles. The highest BCUT2D eigenvalue weighted by molar-refractivity contribution is 5.89. The molecule has 2 amide bonds. The molecule has 5 nitrogen and oxygen atoms in total. The van der Waals surface area contributed by atoms with E-state index in [1.54, 1.807) is 19.2 Å². The Balaban J connectivity index is 1.91. The summed E-state index contributed by atoms with van der Waals surface area (Å²) in [6, 6.07) is 5.49. The van der Waals surface area contributed by atoms with Crippen LogP contribution in [0, 0.1) is 5.82 Å². The number of carbonyl (C=O) groups excluding carboxylic acids is 1. The quantitative estimate of drug-likeness (QED) is 0.751. The molecule has 0 bridgehead atoms. The average Bonchev–Trinajstić information content (AvgIpc) is 2.79. The predicted molar refractivity (Wildman–Crippen MR) is 66.0 cm³/mol. The molecule has 1 unspecified atom stereocenters. The maximum atomic E-state index is 13.3. The third kappa shape index (κ3) is 2.96. The van der Waals surface area contributed by atoms with Gasteiger partial charge in [0.05, 0.1) is 17.8 Å². The highest BCUT2D eigenvalue weighted by Gasteiger charge is 2.28. The molecule has 1 aromatic rings. The van der Waals surface area contributed by atoms with Crippen LogP contribution in [0.2, 0.25) is 0 Å². The second kappa shape index (κ2) is 5.79. The molecule has 1 heterocycles. The summed E-state index contributed by atoms with van der Waals surface area (Å²) in [4.78, 5) is 11.7. The highest BCUT2D eigenvalue weighted by Crippen LogP contribution is 2.12. The molecule has 2 rings (SSSR count). The number of ether oxygens (including phenoxy) is 1. The fourth-order valence-corrected chi connectivity index (χ4v) is 1.94. The molecule has 0 aliphatic carbocycles. The van der Waals surface area contributed by atoms with Gasteiger partial charge in [0.25, 0.3) is 0 Å². The normalized spacial score (nSPS) is 22.8. The van der Waals surface area contributed by atoms with Gasteiger partial charge in [-0.15, -0.1) is 0 Å². The summed E-state index contributed by atoms with van der Waals surface area (Å²) in [5, 5.41) is 8.34. The van der Waals surface area contributed by atoms with E-state index in [0.29, 0.717) is 13.1 Å². The van der Waals surface area contributed by atoms with Crippen molar-refractivity contribution >= 4 is 11.7 Å². The van der Waals surface area contributed by atoms with Crippen molar-refractivity contribution in [3.8, 4) is 0 Å². The maximum Gasteiger partial charge on any atom is 0.319 e. The van der Waals surface area contributed by atoms with Crippen molar-refractivity contribution in [1.82, 2.24) is 10.6 Å². The molecule has 1 fully saturated rings. The highest BCUT2D eigenvalue weighted by atomic mass is 19.1. The Morgan fingerprint density at radius 3 is 2.94 bits per heavy atom. The summed E-state index contributed by atoms with van der Waals surface area (Å²) in [6.45, 7) is 1.34. The fraction of sp³-hybridized carbons (Fsp3) is 0.417. The van der Waals surface area contributed by atoms with Gasteiger partial charge < -0.3 is 20.7 Å². The number of benzene rings is 1. The van der Waals surface area contributed by atoms with Crippen molar-refractivity contribution < 1.29 is 13.9 Å². The van der Waals surface area contributed by atoms with Gasteiger partial charge in [0.1, 0.15) is 5.82 Å². The first-order valence-corrected chi connectivity index (χ1v) is 5.76. The Kier molecular flexibility index (Phi) is 4.11. The van der Waals surface area contributed by atoms with E-state index in [-0.39, 0.29) is 17.8 Å². The molecule has 0 radical (unpaired) electrons. The van der Waals surface area contributed by atoms with Crippen LogP contribution in [0.25, 0.3) is 0 Å². The number of rotatable bonds is 3. The molecule has 1 aromatic carbocycles. The lowest BCUT2D eigenvalue weighted by Gasteiger charge is -2.18. The number of nitrogens with one attached hydrogen (secondary N) is 3. The number of hydrogen-bond acceptors (Lipinski definition) is 3. The molecule has 18 heavy (non-hydrogen) atoms. The van der Waals surface area contributed by atoms with E-state index in [4.69, 9.17) is 4.74 Å². The minimum absolute atomic E-state index is 0.0589. The van der Waals surface area contributed by atoms with E-state index in [1.807, 2.05) is 0 Å². The zero-order valence-electron chi connectivity index (χ0n) is 10.1. The van der Waals surface area contributed by atoms with Crippen LogP contribution in [-0.2, 0) is 4.74 Å². The van der Waals surface area contributed by atoms with Gasteiger partial charge in [0, 0.05) is 20.2 Å². The van der Waals surface area contributed by atoms with Crippen LogP contribution in [-0.4, -0.2) is 38.4 Å².